The van der Waals surface area contributed by atoms with Crippen LogP contribution in [0, 0.1) is 0 Å². The Kier molecular flexibility index (Phi) is 31.9. The van der Waals surface area contributed by atoms with Crippen molar-refractivity contribution in [3.05, 3.63) is 24.3 Å². The summed E-state index contributed by atoms with van der Waals surface area (Å²) in [5.41, 5.74) is 0. The molecule has 2 atom stereocenters. The molecule has 0 aliphatic rings. The number of allylic oxidation sites excluding steroid dienone is 3. The van der Waals surface area contributed by atoms with Gasteiger partial charge in [0.25, 0.3) is 10.1 Å². The Balaban J connectivity index is 3.90. The summed E-state index contributed by atoms with van der Waals surface area (Å²) >= 11 is 0. The second-order valence-electron chi connectivity index (χ2n) is 13.2. The fraction of sp³-hybridized carbons (Fsp3) is 0.868. The maximum Gasteiger partial charge on any atom is 0.267 e. The van der Waals surface area contributed by atoms with Gasteiger partial charge in [0.15, 0.2) is 0 Å². The molecule has 1 amide bonds. The van der Waals surface area contributed by atoms with Crippen LogP contribution in [0.15, 0.2) is 24.3 Å². The van der Waals surface area contributed by atoms with Crippen LogP contribution in [0.5, 0.6) is 0 Å². The van der Waals surface area contributed by atoms with Gasteiger partial charge in [-0.25, -0.2) is 0 Å². The summed E-state index contributed by atoms with van der Waals surface area (Å²) in [6.07, 6.45) is 40.2. The van der Waals surface area contributed by atoms with Gasteiger partial charge in [0.2, 0.25) is 5.91 Å². The highest BCUT2D eigenvalue weighted by Gasteiger charge is 2.24. The van der Waals surface area contributed by atoms with Crippen LogP contribution in [-0.4, -0.2) is 41.9 Å². The summed E-state index contributed by atoms with van der Waals surface area (Å²) in [7, 11) is -4.33. The van der Waals surface area contributed by atoms with Crippen molar-refractivity contribution in [2.75, 3.05) is 5.75 Å². The lowest BCUT2D eigenvalue weighted by Gasteiger charge is -2.21. The number of carbonyl (C=O) groups is 1. The first-order valence-corrected chi connectivity index (χ1v) is 20.6. The number of aliphatic hydroxyl groups excluding tert-OH is 1. The summed E-state index contributed by atoms with van der Waals surface area (Å²) < 4.78 is 32.3. The van der Waals surface area contributed by atoms with Crippen molar-refractivity contribution in [2.24, 2.45) is 0 Å². The molecule has 0 aromatic carbocycles. The first kappa shape index (κ1) is 43.8. The first-order chi connectivity index (χ1) is 21.8. The number of hydrogen-bond acceptors (Lipinski definition) is 4. The van der Waals surface area contributed by atoms with Gasteiger partial charge in [-0.05, 0) is 44.9 Å². The molecule has 0 heterocycles. The van der Waals surface area contributed by atoms with Crippen LogP contribution in [0.4, 0.5) is 0 Å². The highest BCUT2D eigenvalue weighted by molar-refractivity contribution is 7.85. The molecule has 0 aliphatic heterocycles. The van der Waals surface area contributed by atoms with Gasteiger partial charge in [-0.2, -0.15) is 8.42 Å². The van der Waals surface area contributed by atoms with Crippen molar-refractivity contribution in [1.29, 1.82) is 0 Å². The summed E-state index contributed by atoms with van der Waals surface area (Å²) in [5.74, 6) is -0.978. The van der Waals surface area contributed by atoms with E-state index >= 15 is 0 Å². The lowest BCUT2D eigenvalue weighted by Crippen LogP contribution is -2.46. The van der Waals surface area contributed by atoms with E-state index in [0.717, 1.165) is 38.5 Å². The standard InChI is InChI=1S/C38H73NO5S/c1-3-5-7-9-11-13-15-16-17-18-19-20-21-22-24-26-28-30-32-34-38(41)39-36(35-45(42,43)44)37(40)33-31-29-27-25-23-14-12-10-8-6-4-2/h16-17,31,33,36-37,40H,3-15,18-30,32,34-35H2,1-2H3,(H,39,41)(H,42,43,44)/b17-16-,33-31+. The summed E-state index contributed by atoms with van der Waals surface area (Å²) in [4.78, 5) is 12.5. The van der Waals surface area contributed by atoms with Gasteiger partial charge in [0.1, 0.15) is 0 Å². The molecule has 6 nitrogen and oxygen atoms in total. The highest BCUT2D eigenvalue weighted by atomic mass is 32.2. The summed E-state index contributed by atoms with van der Waals surface area (Å²) in [5, 5.41) is 13.2. The van der Waals surface area contributed by atoms with Gasteiger partial charge in [-0.15, -0.1) is 0 Å². The molecule has 3 N–H and O–H groups in total. The lowest BCUT2D eigenvalue weighted by atomic mass is 10.0. The molecule has 0 rings (SSSR count). The van der Waals surface area contributed by atoms with E-state index in [1.54, 1.807) is 6.08 Å². The van der Waals surface area contributed by atoms with E-state index in [2.05, 4.69) is 31.3 Å². The predicted molar refractivity (Wildman–Crippen MR) is 193 cm³/mol. The minimum Gasteiger partial charge on any atom is -0.387 e. The second kappa shape index (κ2) is 32.7. The molecule has 0 aromatic heterocycles. The molecule has 0 aliphatic carbocycles. The zero-order valence-corrected chi connectivity index (χ0v) is 30.3. The zero-order chi connectivity index (χ0) is 33.3. The molecule has 0 spiro atoms. The topological polar surface area (TPSA) is 104 Å². The van der Waals surface area contributed by atoms with Crippen LogP contribution in [0.1, 0.15) is 194 Å². The Morgan fingerprint density at radius 3 is 1.33 bits per heavy atom. The van der Waals surface area contributed by atoms with Crippen molar-refractivity contribution in [1.82, 2.24) is 5.32 Å². The zero-order valence-electron chi connectivity index (χ0n) is 29.5. The van der Waals surface area contributed by atoms with Crippen LogP contribution in [0.2, 0.25) is 0 Å². The molecule has 2 unspecified atom stereocenters. The van der Waals surface area contributed by atoms with Crippen molar-refractivity contribution in [3.8, 4) is 0 Å². The van der Waals surface area contributed by atoms with Crippen LogP contribution < -0.4 is 5.32 Å². The van der Waals surface area contributed by atoms with Crippen LogP contribution in [0.25, 0.3) is 0 Å². The Labute approximate surface area is 279 Å². The third-order valence-electron chi connectivity index (χ3n) is 8.62. The predicted octanol–water partition coefficient (Wildman–Crippen LogP) is 10.8. The summed E-state index contributed by atoms with van der Waals surface area (Å²) in [6, 6.07) is -1.05. The number of carbonyl (C=O) groups excluding carboxylic acids is 1. The number of amides is 1. The quantitative estimate of drug-likeness (QED) is 0.0363. The maximum atomic E-state index is 12.5. The third-order valence-corrected chi connectivity index (χ3v) is 9.40. The monoisotopic (exact) mass is 656 g/mol. The second-order valence-corrected chi connectivity index (χ2v) is 14.7. The van der Waals surface area contributed by atoms with Crippen molar-refractivity contribution >= 4 is 16.0 Å². The average molecular weight is 656 g/mol. The molecular weight excluding hydrogens is 582 g/mol. The minimum absolute atomic E-state index is 0.281. The van der Waals surface area contributed by atoms with Crippen LogP contribution >= 0.6 is 0 Å². The smallest absolute Gasteiger partial charge is 0.267 e. The molecule has 7 heteroatoms. The number of aliphatic hydroxyl groups is 1. The average Bonchev–Trinajstić information content (AvgIpc) is 3.00. The Bertz CT molecular complexity index is 811. The molecule has 0 radical (unpaired) electrons. The molecule has 0 bridgehead atoms. The Morgan fingerprint density at radius 1 is 0.578 bits per heavy atom. The Hall–Kier alpha value is -1.18. The fourth-order valence-corrected chi connectivity index (χ4v) is 6.47. The van der Waals surface area contributed by atoms with Crippen molar-refractivity contribution in [2.45, 2.75) is 206 Å². The minimum atomic E-state index is -4.33. The van der Waals surface area contributed by atoms with Crippen LogP contribution in [0.3, 0.4) is 0 Å². The van der Waals surface area contributed by atoms with Crippen molar-refractivity contribution in [3.63, 3.8) is 0 Å². The largest absolute Gasteiger partial charge is 0.387 e. The lowest BCUT2D eigenvalue weighted by molar-refractivity contribution is -0.122. The fourth-order valence-electron chi connectivity index (χ4n) is 5.74. The normalized spacial score (nSPS) is 13.6. The number of nitrogens with one attached hydrogen (secondary N) is 1. The molecule has 0 saturated heterocycles. The van der Waals surface area contributed by atoms with E-state index in [9.17, 15) is 22.9 Å². The Morgan fingerprint density at radius 2 is 0.933 bits per heavy atom. The number of unbranched alkanes of at least 4 members (excludes halogenated alkanes) is 24. The highest BCUT2D eigenvalue weighted by Crippen LogP contribution is 2.14. The van der Waals surface area contributed by atoms with Gasteiger partial charge < -0.3 is 10.4 Å². The van der Waals surface area contributed by atoms with E-state index in [1.165, 1.54) is 135 Å². The maximum absolute atomic E-state index is 12.5. The van der Waals surface area contributed by atoms with Gasteiger partial charge in [0.05, 0.1) is 17.9 Å². The third kappa shape index (κ3) is 34.0. The van der Waals surface area contributed by atoms with Crippen molar-refractivity contribution < 1.29 is 22.9 Å². The van der Waals surface area contributed by atoms with E-state index < -0.39 is 28.0 Å². The number of hydrogen-bond donors (Lipinski definition) is 3. The first-order valence-electron chi connectivity index (χ1n) is 19.0. The van der Waals surface area contributed by atoms with E-state index in [1.807, 2.05) is 6.08 Å². The van der Waals surface area contributed by atoms with E-state index in [4.69, 9.17) is 0 Å². The summed E-state index contributed by atoms with van der Waals surface area (Å²) in [6.45, 7) is 4.49. The SMILES string of the molecule is CCCCCCCC/C=C\CCCCCCCCCCCC(=O)NC(CS(=O)(=O)O)C(O)/C=C/CCCCCCCCCCC. The van der Waals surface area contributed by atoms with E-state index in [0.29, 0.717) is 6.42 Å². The van der Waals surface area contributed by atoms with Gasteiger partial charge in [-0.3, -0.25) is 9.35 Å². The van der Waals surface area contributed by atoms with E-state index in [-0.39, 0.29) is 5.91 Å². The molecular formula is C38H73NO5S. The molecule has 0 saturated carbocycles. The van der Waals surface area contributed by atoms with Gasteiger partial charge >= 0.3 is 0 Å². The molecule has 0 fully saturated rings. The van der Waals surface area contributed by atoms with Gasteiger partial charge in [-0.1, -0.05) is 167 Å². The molecule has 0 aromatic rings. The molecule has 266 valence electrons. The van der Waals surface area contributed by atoms with Crippen LogP contribution in [-0.2, 0) is 14.9 Å². The number of rotatable bonds is 34. The molecule has 45 heavy (non-hydrogen) atoms. The van der Waals surface area contributed by atoms with Gasteiger partial charge in [0, 0.05) is 6.42 Å².